The van der Waals surface area contributed by atoms with Gasteiger partial charge in [0.15, 0.2) is 0 Å². The van der Waals surface area contributed by atoms with Gasteiger partial charge in [-0.25, -0.2) is 0 Å². The van der Waals surface area contributed by atoms with Gasteiger partial charge in [-0.3, -0.25) is 39.4 Å². The number of ether oxygens (including phenoxy) is 5. The van der Waals surface area contributed by atoms with Crippen molar-refractivity contribution in [2.45, 2.75) is 111 Å². The zero-order valence-corrected chi connectivity index (χ0v) is 34.9. The van der Waals surface area contributed by atoms with Gasteiger partial charge in [0.1, 0.15) is 29.3 Å². The summed E-state index contributed by atoms with van der Waals surface area (Å²) in [4.78, 5) is 72.9. The summed E-state index contributed by atoms with van der Waals surface area (Å²) in [6.45, 7) is 12.2. The van der Waals surface area contributed by atoms with Crippen molar-refractivity contribution in [3.05, 3.63) is 105 Å². The highest BCUT2D eigenvalue weighted by Crippen LogP contribution is 2.39. The summed E-state index contributed by atoms with van der Waals surface area (Å²) in [6, 6.07) is 10.3. The predicted octanol–water partition coefficient (Wildman–Crippen LogP) is 7.56. The number of rotatable bonds is 15. The van der Waals surface area contributed by atoms with Crippen molar-refractivity contribution in [1.82, 2.24) is 0 Å². The summed E-state index contributed by atoms with van der Waals surface area (Å²) in [7, 11) is 0. The Balaban J connectivity index is 1.43. The summed E-state index contributed by atoms with van der Waals surface area (Å²) in [5.74, 6) is -4.32. The highest BCUT2D eigenvalue weighted by atomic mass is 16.6. The van der Waals surface area contributed by atoms with E-state index < -0.39 is 69.3 Å². The number of carbonyl (C=O) groups excluding carboxylic acids is 4. The van der Waals surface area contributed by atoms with E-state index in [2.05, 4.69) is 0 Å². The standard InChI is InChI=1S/C44H54N2O14/c1-8-36(43(50)58-35-19-15-33(16-20-35)46(54)55)29(5)41-37(59-41)24-26(2)10-9-11-27(3)40-28(4)12-21-38(56-30(6)47)44(7,51)23-22-31(25-39(48)60-40)42(49)57-34-17-13-32(14-18-34)45(52)53/h9-21,26,28-29,31,36-38,40-41,51H,8,22-25H2,1-7H3/b10-9+,21-12+,27-11+. The van der Waals surface area contributed by atoms with Crippen molar-refractivity contribution in [2.75, 3.05) is 0 Å². The van der Waals surface area contributed by atoms with Crippen molar-refractivity contribution < 1.29 is 57.8 Å². The molecule has 10 atom stereocenters. The maximum atomic E-state index is 13.5. The van der Waals surface area contributed by atoms with Gasteiger partial charge in [-0.15, -0.1) is 0 Å². The van der Waals surface area contributed by atoms with Gasteiger partial charge in [0.25, 0.3) is 11.4 Å². The Morgan fingerprint density at radius 2 is 1.55 bits per heavy atom. The highest BCUT2D eigenvalue weighted by molar-refractivity contribution is 5.81. The fourth-order valence-corrected chi connectivity index (χ4v) is 7.24. The minimum Gasteiger partial charge on any atom is -0.457 e. The van der Waals surface area contributed by atoms with Crippen molar-refractivity contribution >= 4 is 35.3 Å². The van der Waals surface area contributed by atoms with Crippen LogP contribution in [0, 0.1) is 49.8 Å². The summed E-state index contributed by atoms with van der Waals surface area (Å²) in [5, 5.41) is 33.5. The van der Waals surface area contributed by atoms with Crippen LogP contribution in [0.15, 0.2) is 84.5 Å². The molecule has 10 unspecified atom stereocenters. The van der Waals surface area contributed by atoms with E-state index in [9.17, 15) is 44.5 Å². The molecule has 0 bridgehead atoms. The second-order valence-corrected chi connectivity index (χ2v) is 15.8. The molecule has 16 heteroatoms. The number of esters is 4. The molecule has 324 valence electrons. The average Bonchev–Trinajstić information content (AvgIpc) is 3.95. The van der Waals surface area contributed by atoms with Gasteiger partial charge in [0.2, 0.25) is 0 Å². The Labute approximate surface area is 348 Å². The number of benzene rings is 2. The molecule has 16 nitrogen and oxygen atoms in total. The molecule has 2 aromatic rings. The zero-order valence-electron chi connectivity index (χ0n) is 34.9. The first-order chi connectivity index (χ1) is 28.3. The lowest BCUT2D eigenvalue weighted by atomic mass is 9.86. The first kappa shape index (κ1) is 46.9. The summed E-state index contributed by atoms with van der Waals surface area (Å²) in [6.07, 6.45) is 7.53. The van der Waals surface area contributed by atoms with Gasteiger partial charge in [-0.2, -0.15) is 0 Å². The SMILES string of the molecule is CCC(C(=O)Oc1ccc([N+](=O)[O-])cc1)C(C)C1OC1CC(C)/C=C/C=C(\C)C1OC(=O)CC(C(=O)Oc2ccc([N+](=O)[O-])cc2)CCC(C)(O)C(OC(C)=O)/C=C/C1C. The lowest BCUT2D eigenvalue weighted by Crippen LogP contribution is -2.42. The molecule has 0 spiro atoms. The van der Waals surface area contributed by atoms with E-state index >= 15 is 0 Å². The van der Waals surface area contributed by atoms with Gasteiger partial charge in [-0.1, -0.05) is 52.0 Å². The van der Waals surface area contributed by atoms with Crippen LogP contribution in [0.25, 0.3) is 0 Å². The monoisotopic (exact) mass is 834 g/mol. The van der Waals surface area contributed by atoms with Crippen LogP contribution < -0.4 is 9.47 Å². The number of allylic oxidation sites excluding steroid dienone is 3. The molecule has 4 rings (SSSR count). The largest absolute Gasteiger partial charge is 0.457 e. The normalized spacial score (nSPS) is 26.9. The minimum absolute atomic E-state index is 0.0360. The lowest BCUT2D eigenvalue weighted by molar-refractivity contribution is -0.385. The molecule has 0 radical (unpaired) electrons. The molecule has 0 saturated carbocycles. The Morgan fingerprint density at radius 3 is 2.10 bits per heavy atom. The molecule has 1 N–H and O–H groups in total. The van der Waals surface area contributed by atoms with Crippen LogP contribution >= 0.6 is 0 Å². The number of carbonyl (C=O) groups is 4. The Kier molecular flexibility index (Phi) is 16.4. The third-order valence-electron chi connectivity index (χ3n) is 10.9. The van der Waals surface area contributed by atoms with E-state index in [0.29, 0.717) is 18.4 Å². The Hall–Kier alpha value is -5.74. The topological polar surface area (TPSA) is 224 Å². The molecule has 0 aromatic heterocycles. The summed E-state index contributed by atoms with van der Waals surface area (Å²) < 4.78 is 28.5. The van der Waals surface area contributed by atoms with E-state index in [1.165, 1.54) is 62.4 Å². The van der Waals surface area contributed by atoms with Crippen LogP contribution in [0.4, 0.5) is 11.4 Å². The number of aliphatic hydroxyl groups is 1. The molecule has 2 aromatic carbocycles. The number of hydrogen-bond acceptors (Lipinski definition) is 14. The van der Waals surface area contributed by atoms with Crippen molar-refractivity contribution in [1.29, 1.82) is 0 Å². The van der Waals surface area contributed by atoms with Crippen LogP contribution in [0.1, 0.15) is 80.6 Å². The highest BCUT2D eigenvalue weighted by Gasteiger charge is 2.47. The summed E-state index contributed by atoms with van der Waals surface area (Å²) in [5.41, 5.74) is -1.25. The van der Waals surface area contributed by atoms with Crippen LogP contribution in [0.5, 0.6) is 11.5 Å². The van der Waals surface area contributed by atoms with E-state index in [1.807, 2.05) is 39.0 Å². The lowest BCUT2D eigenvalue weighted by Gasteiger charge is -2.33. The number of nitro groups is 2. The van der Waals surface area contributed by atoms with Gasteiger partial charge >= 0.3 is 23.9 Å². The predicted molar refractivity (Wildman–Crippen MR) is 217 cm³/mol. The fourth-order valence-electron chi connectivity index (χ4n) is 7.24. The minimum atomic E-state index is -1.63. The van der Waals surface area contributed by atoms with Gasteiger partial charge in [0.05, 0.1) is 40.3 Å². The van der Waals surface area contributed by atoms with E-state index in [0.717, 1.165) is 0 Å². The third-order valence-corrected chi connectivity index (χ3v) is 10.9. The first-order valence-corrected chi connectivity index (χ1v) is 20.0. The second kappa shape index (κ2) is 21.0. The van der Waals surface area contributed by atoms with Crippen LogP contribution in [0.3, 0.4) is 0 Å². The number of non-ortho nitro benzene ring substituents is 2. The maximum absolute atomic E-state index is 13.5. The molecule has 60 heavy (non-hydrogen) atoms. The number of cyclic esters (lactones) is 1. The van der Waals surface area contributed by atoms with Gasteiger partial charge < -0.3 is 28.8 Å². The molecule has 0 amide bonds. The van der Waals surface area contributed by atoms with Gasteiger partial charge in [0, 0.05) is 37.1 Å². The third kappa shape index (κ3) is 13.4. The van der Waals surface area contributed by atoms with Crippen LogP contribution in [-0.2, 0) is 33.4 Å². The van der Waals surface area contributed by atoms with E-state index in [1.54, 1.807) is 26.0 Å². The quantitative estimate of drug-likeness (QED) is 0.0348. The van der Waals surface area contributed by atoms with Crippen molar-refractivity contribution in [2.24, 2.45) is 29.6 Å². The summed E-state index contributed by atoms with van der Waals surface area (Å²) >= 11 is 0. The molecule has 1 fully saturated rings. The maximum Gasteiger partial charge on any atom is 0.314 e. The zero-order chi connectivity index (χ0) is 44.3. The Bertz CT molecular complexity index is 1950. The number of hydrogen-bond donors (Lipinski definition) is 1. The van der Waals surface area contributed by atoms with Crippen LogP contribution in [-0.4, -0.2) is 68.8 Å². The number of nitrogens with zero attached hydrogens (tertiary/aromatic N) is 2. The van der Waals surface area contributed by atoms with Crippen molar-refractivity contribution in [3.63, 3.8) is 0 Å². The number of epoxide rings is 1. The van der Waals surface area contributed by atoms with E-state index in [-0.39, 0.29) is 66.2 Å². The smallest absolute Gasteiger partial charge is 0.314 e. The molecular formula is C44H54N2O14. The Morgan fingerprint density at radius 1 is 0.967 bits per heavy atom. The second-order valence-electron chi connectivity index (χ2n) is 15.8. The van der Waals surface area contributed by atoms with Crippen LogP contribution in [0.2, 0.25) is 0 Å². The molecule has 0 aliphatic carbocycles. The fraction of sp³-hybridized carbons (Fsp3) is 0.500. The molecule has 1 saturated heterocycles. The molecule has 2 aliphatic heterocycles. The first-order valence-electron chi connectivity index (χ1n) is 20.0. The number of nitro benzene ring substituents is 2. The molecule has 2 heterocycles. The molecular weight excluding hydrogens is 780 g/mol. The molecule has 2 aliphatic rings. The van der Waals surface area contributed by atoms with Crippen molar-refractivity contribution in [3.8, 4) is 11.5 Å². The van der Waals surface area contributed by atoms with Gasteiger partial charge in [-0.05, 0) is 87.3 Å². The van der Waals surface area contributed by atoms with E-state index in [4.69, 9.17) is 23.7 Å². The average molecular weight is 835 g/mol.